The standard InChI is InChI=1S/C12H14BrN3O3S/c1-3-11-14-7-12(15-11)20(17,18)16-8-4-5-10(19-2)9(13)6-8/h4-7,16H,3H2,1-2H3,(H,14,15). The molecule has 2 rings (SSSR count). The van der Waals surface area contributed by atoms with Crippen LogP contribution >= 0.6 is 15.9 Å². The van der Waals surface area contributed by atoms with Crippen LogP contribution in [0.5, 0.6) is 5.75 Å². The van der Waals surface area contributed by atoms with Crippen LogP contribution in [-0.4, -0.2) is 25.5 Å². The summed E-state index contributed by atoms with van der Waals surface area (Å²) in [5.41, 5.74) is 0.435. The smallest absolute Gasteiger partial charge is 0.278 e. The van der Waals surface area contributed by atoms with Crippen LogP contribution in [0.4, 0.5) is 5.69 Å². The van der Waals surface area contributed by atoms with Gasteiger partial charge in [0.15, 0.2) is 5.03 Å². The van der Waals surface area contributed by atoms with E-state index >= 15 is 0 Å². The molecule has 2 aromatic rings. The fraction of sp³-hybridized carbons (Fsp3) is 0.250. The largest absolute Gasteiger partial charge is 0.496 e. The molecular weight excluding hydrogens is 346 g/mol. The average Bonchev–Trinajstić information content (AvgIpc) is 2.88. The molecule has 1 aromatic carbocycles. The van der Waals surface area contributed by atoms with E-state index in [-0.39, 0.29) is 5.03 Å². The van der Waals surface area contributed by atoms with Gasteiger partial charge in [0, 0.05) is 6.42 Å². The van der Waals surface area contributed by atoms with E-state index in [1.54, 1.807) is 25.3 Å². The van der Waals surface area contributed by atoms with Crippen LogP contribution in [-0.2, 0) is 16.4 Å². The van der Waals surface area contributed by atoms with Gasteiger partial charge in [-0.15, -0.1) is 0 Å². The van der Waals surface area contributed by atoms with Crippen molar-refractivity contribution in [2.75, 3.05) is 11.8 Å². The second kappa shape index (κ2) is 5.84. The summed E-state index contributed by atoms with van der Waals surface area (Å²) in [6.07, 6.45) is 1.95. The van der Waals surface area contributed by atoms with Gasteiger partial charge in [-0.3, -0.25) is 4.72 Å². The summed E-state index contributed by atoms with van der Waals surface area (Å²) in [4.78, 5) is 6.75. The first-order chi connectivity index (χ1) is 9.46. The Bertz CT molecular complexity index is 712. The first kappa shape index (κ1) is 14.9. The summed E-state index contributed by atoms with van der Waals surface area (Å²) in [7, 11) is -2.13. The molecule has 0 aliphatic rings. The van der Waals surface area contributed by atoms with Gasteiger partial charge in [-0.1, -0.05) is 6.92 Å². The molecule has 0 spiro atoms. The van der Waals surface area contributed by atoms with Gasteiger partial charge in [0.2, 0.25) is 0 Å². The first-order valence-corrected chi connectivity index (χ1v) is 8.14. The number of benzene rings is 1. The van der Waals surface area contributed by atoms with Crippen molar-refractivity contribution in [3.05, 3.63) is 34.7 Å². The van der Waals surface area contributed by atoms with E-state index < -0.39 is 10.0 Å². The van der Waals surface area contributed by atoms with Crippen molar-refractivity contribution in [3.63, 3.8) is 0 Å². The van der Waals surface area contributed by atoms with E-state index in [0.29, 0.717) is 28.2 Å². The fourth-order valence-corrected chi connectivity index (χ4v) is 3.13. The van der Waals surface area contributed by atoms with Crippen LogP contribution < -0.4 is 9.46 Å². The van der Waals surface area contributed by atoms with Gasteiger partial charge in [0.1, 0.15) is 11.6 Å². The molecule has 108 valence electrons. The Morgan fingerprint density at radius 1 is 1.45 bits per heavy atom. The lowest BCUT2D eigenvalue weighted by atomic mass is 10.3. The van der Waals surface area contributed by atoms with Crippen LogP contribution in [0.25, 0.3) is 0 Å². The summed E-state index contributed by atoms with van der Waals surface area (Å²) in [5, 5.41) is 0.0429. The first-order valence-electron chi connectivity index (χ1n) is 5.86. The van der Waals surface area contributed by atoms with Crippen molar-refractivity contribution < 1.29 is 13.2 Å². The summed E-state index contributed by atoms with van der Waals surface area (Å²) < 4.78 is 32.6. The number of H-pyrrole nitrogens is 1. The van der Waals surface area contributed by atoms with E-state index in [4.69, 9.17) is 4.74 Å². The number of aromatic nitrogens is 2. The average molecular weight is 360 g/mol. The third-order valence-electron chi connectivity index (χ3n) is 2.63. The summed E-state index contributed by atoms with van der Waals surface area (Å²) in [5.74, 6) is 1.25. The van der Waals surface area contributed by atoms with Crippen LogP contribution in [0.1, 0.15) is 12.7 Å². The zero-order chi connectivity index (χ0) is 14.8. The SMILES string of the molecule is CCc1ncc(S(=O)(=O)Nc2ccc(OC)c(Br)c2)[nH]1. The molecule has 0 unspecified atom stereocenters. The predicted molar refractivity (Wildman–Crippen MR) is 79.5 cm³/mol. The molecule has 2 N–H and O–H groups in total. The molecule has 0 atom stereocenters. The number of rotatable bonds is 5. The molecule has 0 bridgehead atoms. The number of nitrogens with one attached hydrogen (secondary N) is 2. The van der Waals surface area contributed by atoms with E-state index in [0.717, 1.165) is 0 Å². The van der Waals surface area contributed by atoms with Gasteiger partial charge >= 0.3 is 0 Å². The number of imidazole rings is 1. The lowest BCUT2D eigenvalue weighted by Crippen LogP contribution is -2.13. The topological polar surface area (TPSA) is 84.1 Å². The molecule has 0 fully saturated rings. The molecule has 1 aromatic heterocycles. The molecule has 20 heavy (non-hydrogen) atoms. The van der Waals surface area contributed by atoms with Crippen LogP contribution in [0.3, 0.4) is 0 Å². The maximum Gasteiger partial charge on any atom is 0.278 e. The number of aryl methyl sites for hydroxylation is 1. The summed E-state index contributed by atoms with van der Waals surface area (Å²) in [6, 6.07) is 4.93. The monoisotopic (exact) mass is 359 g/mol. The fourth-order valence-electron chi connectivity index (χ4n) is 1.60. The van der Waals surface area contributed by atoms with Gasteiger partial charge < -0.3 is 9.72 Å². The third kappa shape index (κ3) is 3.13. The minimum atomic E-state index is -3.67. The van der Waals surface area contributed by atoms with Crippen LogP contribution in [0.2, 0.25) is 0 Å². The lowest BCUT2D eigenvalue weighted by Gasteiger charge is -2.08. The third-order valence-corrected chi connectivity index (χ3v) is 4.54. The highest BCUT2D eigenvalue weighted by Crippen LogP contribution is 2.28. The molecule has 0 radical (unpaired) electrons. The predicted octanol–water partition coefficient (Wildman–Crippen LogP) is 2.54. The van der Waals surface area contributed by atoms with Crippen molar-refractivity contribution in [1.82, 2.24) is 9.97 Å². The molecule has 0 saturated carbocycles. The normalized spacial score (nSPS) is 11.3. The van der Waals surface area contributed by atoms with Gasteiger partial charge in [0.25, 0.3) is 10.0 Å². The number of nitrogens with zero attached hydrogens (tertiary/aromatic N) is 1. The van der Waals surface area contributed by atoms with Crippen molar-refractivity contribution >= 4 is 31.6 Å². The van der Waals surface area contributed by atoms with E-state index in [9.17, 15) is 8.42 Å². The van der Waals surface area contributed by atoms with Gasteiger partial charge in [-0.05, 0) is 34.1 Å². The Labute approximate surface area is 125 Å². The van der Waals surface area contributed by atoms with E-state index in [1.807, 2.05) is 6.92 Å². The number of methoxy groups -OCH3 is 1. The van der Waals surface area contributed by atoms with Crippen LogP contribution in [0, 0.1) is 0 Å². The number of sulfonamides is 1. The Hall–Kier alpha value is -1.54. The maximum absolute atomic E-state index is 12.2. The highest BCUT2D eigenvalue weighted by molar-refractivity contribution is 9.10. The summed E-state index contributed by atoms with van der Waals surface area (Å²) >= 11 is 3.31. The Balaban J connectivity index is 2.26. The Morgan fingerprint density at radius 2 is 2.20 bits per heavy atom. The highest BCUT2D eigenvalue weighted by Gasteiger charge is 2.17. The highest BCUT2D eigenvalue weighted by atomic mass is 79.9. The summed E-state index contributed by atoms with van der Waals surface area (Å²) in [6.45, 7) is 1.89. The molecule has 0 aliphatic heterocycles. The van der Waals surface area contributed by atoms with Gasteiger partial charge in [-0.2, -0.15) is 8.42 Å². The number of ether oxygens (including phenoxy) is 1. The van der Waals surface area contributed by atoms with Gasteiger partial charge in [-0.25, -0.2) is 4.98 Å². The number of halogens is 1. The van der Waals surface area contributed by atoms with Gasteiger partial charge in [0.05, 0.1) is 23.5 Å². The van der Waals surface area contributed by atoms with Crippen molar-refractivity contribution in [1.29, 1.82) is 0 Å². The minimum Gasteiger partial charge on any atom is -0.496 e. The quantitative estimate of drug-likeness (QED) is 0.858. The molecule has 8 heteroatoms. The Morgan fingerprint density at radius 3 is 2.75 bits per heavy atom. The zero-order valence-corrected chi connectivity index (χ0v) is 13.4. The molecule has 0 amide bonds. The second-order valence-corrected chi connectivity index (χ2v) is 6.51. The van der Waals surface area contributed by atoms with E-state index in [1.165, 1.54) is 6.20 Å². The number of hydrogen-bond donors (Lipinski definition) is 2. The second-order valence-electron chi connectivity index (χ2n) is 4.00. The van der Waals surface area contributed by atoms with Crippen LogP contribution in [0.15, 0.2) is 33.9 Å². The molecular formula is C12H14BrN3O3S. The molecule has 1 heterocycles. The molecule has 6 nitrogen and oxygen atoms in total. The zero-order valence-electron chi connectivity index (χ0n) is 11.0. The molecule has 0 aliphatic carbocycles. The van der Waals surface area contributed by atoms with Crippen molar-refractivity contribution in [2.24, 2.45) is 0 Å². The van der Waals surface area contributed by atoms with Crippen molar-refractivity contribution in [3.8, 4) is 5.75 Å². The number of anilines is 1. The number of hydrogen-bond acceptors (Lipinski definition) is 4. The van der Waals surface area contributed by atoms with Crippen molar-refractivity contribution in [2.45, 2.75) is 18.4 Å². The Kier molecular flexibility index (Phi) is 4.34. The van der Waals surface area contributed by atoms with E-state index in [2.05, 4.69) is 30.6 Å². The number of aromatic amines is 1. The lowest BCUT2D eigenvalue weighted by molar-refractivity contribution is 0.412. The maximum atomic E-state index is 12.2. The minimum absolute atomic E-state index is 0.0429. The molecule has 0 saturated heterocycles.